The number of alkyl carbamates (subject to hydrolysis) is 1. The molecule has 9 nitrogen and oxygen atoms in total. The molecule has 0 spiro atoms. The van der Waals surface area contributed by atoms with Crippen LogP contribution in [0, 0.1) is 16.7 Å². The van der Waals surface area contributed by atoms with Gasteiger partial charge in [-0.25, -0.2) is 4.79 Å². The van der Waals surface area contributed by atoms with Crippen molar-refractivity contribution in [3.63, 3.8) is 0 Å². The summed E-state index contributed by atoms with van der Waals surface area (Å²) in [6, 6.07) is 11.1. The molecule has 204 valence electrons. The fourth-order valence-electron chi connectivity index (χ4n) is 4.88. The molecular formula is C30H34N4O5. The standard InChI is InChI=1S/C30H34N4O5/c1-19-7-6-12-34(19)27(35)17-32-29(37)39-18-30(2,3)11-5-8-21-14-24-23(15-26(21)38-4)22-10-9-20(16-31)13-25(22)33-28(24)36/h5,8-10,13-15,19H,6-7,11-12,17-18H2,1-4H3,(H,32,37)(H,33,36)/b8-5+. The van der Waals surface area contributed by atoms with Crippen LogP contribution in [0.3, 0.4) is 0 Å². The van der Waals surface area contributed by atoms with Crippen molar-refractivity contribution in [1.82, 2.24) is 15.2 Å². The SMILES string of the molecule is COc1cc2c(cc1/C=C/CC(C)(C)COC(=O)NCC(=O)N1CCCC1C)c(=O)[nH]c1cc(C#N)ccc12. The highest BCUT2D eigenvalue weighted by Gasteiger charge is 2.25. The van der Waals surface area contributed by atoms with Gasteiger partial charge in [-0.3, -0.25) is 9.59 Å². The number of nitrogens with one attached hydrogen (secondary N) is 2. The third-order valence-corrected chi connectivity index (χ3v) is 7.12. The predicted octanol–water partition coefficient (Wildman–Crippen LogP) is 4.73. The topological polar surface area (TPSA) is 125 Å². The third-order valence-electron chi connectivity index (χ3n) is 7.12. The number of carbonyl (C=O) groups excluding carboxylic acids is 2. The maximum Gasteiger partial charge on any atom is 0.407 e. The minimum atomic E-state index is -0.614. The van der Waals surface area contributed by atoms with E-state index in [0.717, 1.165) is 35.7 Å². The van der Waals surface area contributed by atoms with Gasteiger partial charge in [-0.05, 0) is 50.5 Å². The Bertz CT molecular complexity index is 1530. The zero-order valence-corrected chi connectivity index (χ0v) is 22.8. The Morgan fingerprint density at radius 1 is 1.23 bits per heavy atom. The van der Waals surface area contributed by atoms with Gasteiger partial charge in [0.2, 0.25) is 5.91 Å². The lowest BCUT2D eigenvalue weighted by molar-refractivity contribution is -0.130. The summed E-state index contributed by atoms with van der Waals surface area (Å²) >= 11 is 0. The van der Waals surface area contributed by atoms with Gasteiger partial charge in [0.15, 0.2) is 0 Å². The number of nitriles is 1. The Morgan fingerprint density at radius 3 is 2.72 bits per heavy atom. The van der Waals surface area contributed by atoms with Crippen LogP contribution >= 0.6 is 0 Å². The summed E-state index contributed by atoms with van der Waals surface area (Å²) in [5.41, 5.74) is 1.20. The summed E-state index contributed by atoms with van der Waals surface area (Å²) in [7, 11) is 1.58. The molecule has 1 aliphatic heterocycles. The quantitative estimate of drug-likeness (QED) is 0.406. The number of aromatic nitrogens is 1. The number of benzene rings is 2. The first-order valence-electron chi connectivity index (χ1n) is 13.1. The largest absolute Gasteiger partial charge is 0.496 e. The van der Waals surface area contributed by atoms with E-state index in [4.69, 9.17) is 9.47 Å². The third kappa shape index (κ3) is 6.40. The van der Waals surface area contributed by atoms with Crippen LogP contribution < -0.4 is 15.6 Å². The Hall–Kier alpha value is -4.32. The molecule has 2 heterocycles. The van der Waals surface area contributed by atoms with Crippen LogP contribution in [0.15, 0.2) is 41.2 Å². The van der Waals surface area contributed by atoms with E-state index < -0.39 is 6.09 Å². The van der Waals surface area contributed by atoms with E-state index >= 15 is 0 Å². The van der Waals surface area contributed by atoms with Crippen LogP contribution in [-0.4, -0.2) is 54.7 Å². The lowest BCUT2D eigenvalue weighted by Gasteiger charge is -2.23. The van der Waals surface area contributed by atoms with Gasteiger partial charge in [0, 0.05) is 39.7 Å². The first-order chi connectivity index (χ1) is 18.6. The number of allylic oxidation sites excluding steroid dienone is 1. The fourth-order valence-corrected chi connectivity index (χ4v) is 4.88. The molecule has 1 aromatic heterocycles. The molecule has 2 amide bonds. The Labute approximate surface area is 227 Å². The molecule has 1 aliphatic rings. The second kappa shape index (κ2) is 11.6. The highest BCUT2D eigenvalue weighted by molar-refractivity contribution is 6.06. The molecule has 9 heteroatoms. The minimum Gasteiger partial charge on any atom is -0.496 e. The van der Waals surface area contributed by atoms with Crippen molar-refractivity contribution in [2.75, 3.05) is 26.8 Å². The number of nitrogens with zero attached hydrogens (tertiary/aromatic N) is 2. The molecule has 3 aromatic rings. The lowest BCUT2D eigenvalue weighted by Crippen LogP contribution is -2.42. The molecule has 2 aromatic carbocycles. The normalized spacial score (nSPS) is 15.6. The molecule has 4 rings (SSSR count). The van der Waals surface area contributed by atoms with Gasteiger partial charge in [-0.1, -0.05) is 32.1 Å². The summed E-state index contributed by atoms with van der Waals surface area (Å²) in [6.45, 7) is 6.80. The minimum absolute atomic E-state index is 0.0703. The van der Waals surface area contributed by atoms with Crippen LogP contribution in [0.5, 0.6) is 5.75 Å². The van der Waals surface area contributed by atoms with Gasteiger partial charge in [0.25, 0.3) is 5.56 Å². The number of hydrogen-bond donors (Lipinski definition) is 2. The number of fused-ring (bicyclic) bond motifs is 3. The van der Waals surface area contributed by atoms with Gasteiger partial charge in [0.1, 0.15) is 12.3 Å². The summed E-state index contributed by atoms with van der Waals surface area (Å²) in [6.07, 6.45) is 5.80. The molecule has 1 saturated heterocycles. The first kappa shape index (κ1) is 27.7. The highest BCUT2D eigenvalue weighted by Crippen LogP contribution is 2.31. The maximum absolute atomic E-state index is 12.8. The lowest BCUT2D eigenvalue weighted by atomic mass is 9.90. The van der Waals surface area contributed by atoms with Crippen LogP contribution in [0.25, 0.3) is 27.8 Å². The Morgan fingerprint density at radius 2 is 2.03 bits per heavy atom. The summed E-state index contributed by atoms with van der Waals surface area (Å²) < 4.78 is 11.0. The summed E-state index contributed by atoms with van der Waals surface area (Å²) in [5.74, 6) is 0.516. The molecule has 0 aliphatic carbocycles. The number of methoxy groups -OCH3 is 1. The zero-order valence-electron chi connectivity index (χ0n) is 22.8. The van der Waals surface area contributed by atoms with E-state index in [1.807, 2.05) is 45.1 Å². The first-order valence-corrected chi connectivity index (χ1v) is 13.1. The van der Waals surface area contributed by atoms with Gasteiger partial charge >= 0.3 is 6.09 Å². The van der Waals surface area contributed by atoms with Crippen molar-refractivity contribution in [3.05, 3.63) is 57.9 Å². The molecule has 0 saturated carbocycles. The number of hydrogen-bond acceptors (Lipinski definition) is 6. The van der Waals surface area contributed by atoms with E-state index in [-0.39, 0.29) is 36.1 Å². The van der Waals surface area contributed by atoms with Crippen LogP contribution in [0.4, 0.5) is 4.79 Å². The van der Waals surface area contributed by atoms with E-state index in [9.17, 15) is 19.6 Å². The number of carbonyl (C=O) groups is 2. The van der Waals surface area contributed by atoms with E-state index in [0.29, 0.717) is 28.6 Å². The molecule has 1 unspecified atom stereocenters. The van der Waals surface area contributed by atoms with Crippen molar-refractivity contribution in [1.29, 1.82) is 5.26 Å². The summed E-state index contributed by atoms with van der Waals surface area (Å²) in [4.78, 5) is 41.9. The highest BCUT2D eigenvalue weighted by atomic mass is 16.5. The average molecular weight is 531 g/mol. The van der Waals surface area contributed by atoms with Gasteiger partial charge < -0.3 is 24.7 Å². The van der Waals surface area contributed by atoms with Crippen LogP contribution in [-0.2, 0) is 9.53 Å². The molecular weight excluding hydrogens is 496 g/mol. The molecule has 39 heavy (non-hydrogen) atoms. The second-order valence-corrected chi connectivity index (χ2v) is 10.7. The number of H-pyrrole nitrogens is 1. The number of likely N-dealkylation sites (tertiary alicyclic amines) is 1. The van der Waals surface area contributed by atoms with Gasteiger partial charge in [-0.2, -0.15) is 5.26 Å². The molecule has 2 N–H and O–H groups in total. The molecule has 1 fully saturated rings. The van der Waals surface area contributed by atoms with Crippen molar-refractivity contribution >= 4 is 39.8 Å². The number of amides is 2. The number of pyridine rings is 1. The van der Waals surface area contributed by atoms with Crippen LogP contribution in [0.2, 0.25) is 0 Å². The van der Waals surface area contributed by atoms with Gasteiger partial charge in [0.05, 0.1) is 30.9 Å². The number of ether oxygens (including phenoxy) is 2. The predicted molar refractivity (Wildman–Crippen MR) is 151 cm³/mol. The van der Waals surface area contributed by atoms with Crippen molar-refractivity contribution in [2.45, 2.75) is 46.1 Å². The monoisotopic (exact) mass is 530 g/mol. The fraction of sp³-hybridized carbons (Fsp3) is 0.400. The summed E-state index contributed by atoms with van der Waals surface area (Å²) in [5, 5.41) is 13.8. The van der Waals surface area contributed by atoms with Crippen molar-refractivity contribution in [2.24, 2.45) is 5.41 Å². The van der Waals surface area contributed by atoms with E-state index in [2.05, 4.69) is 16.4 Å². The smallest absolute Gasteiger partial charge is 0.407 e. The maximum atomic E-state index is 12.8. The molecule has 1 atom stereocenters. The number of aromatic amines is 1. The Balaban J connectivity index is 1.40. The molecule has 0 bridgehead atoms. The van der Waals surface area contributed by atoms with Crippen molar-refractivity contribution in [3.8, 4) is 11.8 Å². The van der Waals surface area contributed by atoms with E-state index in [1.165, 1.54) is 0 Å². The second-order valence-electron chi connectivity index (χ2n) is 10.7. The number of rotatable bonds is 8. The van der Waals surface area contributed by atoms with Gasteiger partial charge in [-0.15, -0.1) is 0 Å². The Kier molecular flexibility index (Phi) is 8.24. The molecule has 0 radical (unpaired) electrons. The van der Waals surface area contributed by atoms with Crippen molar-refractivity contribution < 1.29 is 19.1 Å². The average Bonchev–Trinajstić information content (AvgIpc) is 3.35. The van der Waals surface area contributed by atoms with E-state index in [1.54, 1.807) is 30.2 Å². The van der Waals surface area contributed by atoms with Crippen LogP contribution in [0.1, 0.15) is 51.2 Å². The zero-order chi connectivity index (χ0) is 28.2.